The molecule has 2 atom stereocenters. The molecule has 0 amide bonds. The number of nitrogens with zero attached hydrogens (tertiary/aromatic N) is 3. The van der Waals surface area contributed by atoms with E-state index in [1.165, 1.54) is 36.7 Å². The first-order valence-electron chi connectivity index (χ1n) is 9.23. The molecular weight excluding hydrogens is 368 g/mol. The number of piperidine rings is 1. The highest BCUT2D eigenvalue weighted by Gasteiger charge is 2.31. The third-order valence-electron chi connectivity index (χ3n) is 5.55. The van der Waals surface area contributed by atoms with Crippen molar-refractivity contribution in [3.05, 3.63) is 35.7 Å². The second-order valence-electron chi connectivity index (χ2n) is 7.20. The number of rotatable bonds is 4. The van der Waals surface area contributed by atoms with E-state index in [-0.39, 0.29) is 0 Å². The van der Waals surface area contributed by atoms with Crippen LogP contribution >= 0.6 is 11.5 Å². The van der Waals surface area contributed by atoms with Crippen LogP contribution in [0.2, 0.25) is 0 Å². The zero-order chi connectivity index (χ0) is 18.1. The van der Waals surface area contributed by atoms with Gasteiger partial charge in [0, 0.05) is 23.6 Å². The van der Waals surface area contributed by atoms with Gasteiger partial charge in [-0.1, -0.05) is 12.5 Å². The Hall–Kier alpha value is -1.51. The van der Waals surface area contributed by atoms with Gasteiger partial charge in [-0.15, -0.1) is 0 Å². The molecule has 0 spiro atoms. The topological polar surface area (TPSA) is 75.2 Å². The summed E-state index contributed by atoms with van der Waals surface area (Å²) in [5, 5.41) is 0.294. The van der Waals surface area contributed by atoms with Gasteiger partial charge in [-0.05, 0) is 68.8 Å². The molecule has 8 heteroatoms. The average molecular weight is 393 g/mol. The Bertz CT molecular complexity index is 867. The van der Waals surface area contributed by atoms with Crippen molar-refractivity contribution in [1.29, 1.82) is 0 Å². The first kappa shape index (κ1) is 17.9. The number of fused-ring (bicyclic) bond motifs is 1. The molecule has 4 rings (SSSR count). The zero-order valence-corrected chi connectivity index (χ0v) is 16.5. The van der Waals surface area contributed by atoms with E-state index in [1.54, 1.807) is 6.07 Å². The van der Waals surface area contributed by atoms with Gasteiger partial charge in [0.25, 0.3) is 10.0 Å². The molecule has 0 bridgehead atoms. The summed E-state index contributed by atoms with van der Waals surface area (Å²) < 4.78 is 31.6. The molecule has 1 fully saturated rings. The minimum absolute atomic E-state index is 0.294. The van der Waals surface area contributed by atoms with Crippen molar-refractivity contribution in [2.24, 2.45) is 0 Å². The van der Waals surface area contributed by atoms with E-state index >= 15 is 0 Å². The molecule has 140 valence electrons. The van der Waals surface area contributed by atoms with Crippen LogP contribution in [0.15, 0.2) is 29.4 Å². The van der Waals surface area contributed by atoms with Crippen LogP contribution in [-0.4, -0.2) is 35.3 Å². The molecule has 1 N–H and O–H groups in total. The summed E-state index contributed by atoms with van der Waals surface area (Å²) in [6.07, 6.45) is 8.38. The lowest BCUT2D eigenvalue weighted by Gasteiger charge is -2.42. The molecule has 2 aliphatic rings. The Morgan fingerprint density at radius 3 is 2.88 bits per heavy atom. The first-order valence-corrected chi connectivity index (χ1v) is 11.5. The third kappa shape index (κ3) is 3.50. The minimum atomic E-state index is -3.63. The second kappa shape index (κ2) is 7.25. The summed E-state index contributed by atoms with van der Waals surface area (Å²) in [6, 6.07) is 6.62. The Morgan fingerprint density at radius 1 is 1.23 bits per heavy atom. The van der Waals surface area contributed by atoms with Gasteiger partial charge in [-0.2, -0.15) is 4.37 Å². The van der Waals surface area contributed by atoms with Crippen molar-refractivity contribution in [3.8, 4) is 0 Å². The highest BCUT2D eigenvalue weighted by Crippen LogP contribution is 2.38. The van der Waals surface area contributed by atoms with Crippen LogP contribution in [0.3, 0.4) is 0 Å². The Kier molecular flexibility index (Phi) is 4.98. The molecule has 1 aliphatic carbocycles. The summed E-state index contributed by atoms with van der Waals surface area (Å²) in [5.74, 6) is 0. The lowest BCUT2D eigenvalue weighted by molar-refractivity contribution is 0.0941. The number of anilines is 1. The SMILES string of the molecule is C[C@@H]1CCCCN1[C@@H]1CCCc2cc(S(=O)(=O)Nc3ncns3)ccc21. The van der Waals surface area contributed by atoms with Gasteiger partial charge >= 0.3 is 0 Å². The molecule has 2 aromatic rings. The summed E-state index contributed by atoms with van der Waals surface area (Å²) in [6.45, 7) is 3.46. The molecule has 26 heavy (non-hydrogen) atoms. The molecule has 1 aromatic carbocycles. The first-order chi connectivity index (χ1) is 12.5. The fourth-order valence-corrected chi connectivity index (χ4v) is 5.96. The number of hydrogen-bond acceptors (Lipinski definition) is 6. The van der Waals surface area contributed by atoms with Gasteiger partial charge in [0.1, 0.15) is 6.33 Å². The van der Waals surface area contributed by atoms with Gasteiger partial charge < -0.3 is 0 Å². The van der Waals surface area contributed by atoms with E-state index < -0.39 is 10.0 Å². The second-order valence-corrected chi connectivity index (χ2v) is 9.67. The van der Waals surface area contributed by atoms with E-state index in [0.29, 0.717) is 22.1 Å². The lowest BCUT2D eigenvalue weighted by Crippen LogP contribution is -2.41. The highest BCUT2D eigenvalue weighted by atomic mass is 32.2. The molecule has 1 aliphatic heterocycles. The van der Waals surface area contributed by atoms with Gasteiger partial charge in [0.15, 0.2) is 0 Å². The van der Waals surface area contributed by atoms with Crippen LogP contribution in [0.4, 0.5) is 5.13 Å². The van der Waals surface area contributed by atoms with Crippen molar-refractivity contribution in [3.63, 3.8) is 0 Å². The third-order valence-corrected chi connectivity index (χ3v) is 7.59. The summed E-state index contributed by atoms with van der Waals surface area (Å²) >= 11 is 1.03. The summed E-state index contributed by atoms with van der Waals surface area (Å²) in [7, 11) is -3.63. The van der Waals surface area contributed by atoms with Gasteiger partial charge in [-0.3, -0.25) is 9.62 Å². The van der Waals surface area contributed by atoms with Crippen LogP contribution in [-0.2, 0) is 16.4 Å². The van der Waals surface area contributed by atoms with Crippen LogP contribution in [0.5, 0.6) is 0 Å². The van der Waals surface area contributed by atoms with E-state index in [2.05, 4.69) is 25.9 Å². The maximum absolute atomic E-state index is 12.6. The van der Waals surface area contributed by atoms with Crippen LogP contribution in [0.25, 0.3) is 0 Å². The van der Waals surface area contributed by atoms with Crippen molar-refractivity contribution in [1.82, 2.24) is 14.3 Å². The molecule has 2 heterocycles. The van der Waals surface area contributed by atoms with Crippen LogP contribution in [0, 0.1) is 0 Å². The van der Waals surface area contributed by atoms with Crippen molar-refractivity contribution < 1.29 is 8.42 Å². The maximum atomic E-state index is 12.6. The smallest absolute Gasteiger partial charge is 0.263 e. The number of benzene rings is 1. The monoisotopic (exact) mass is 392 g/mol. The maximum Gasteiger partial charge on any atom is 0.263 e. The molecule has 0 saturated carbocycles. The predicted molar refractivity (Wildman–Crippen MR) is 103 cm³/mol. The molecule has 0 radical (unpaired) electrons. The number of aromatic nitrogens is 2. The number of aryl methyl sites for hydroxylation is 1. The molecule has 6 nitrogen and oxygen atoms in total. The summed E-state index contributed by atoms with van der Waals surface area (Å²) in [4.78, 5) is 6.83. The number of likely N-dealkylation sites (tertiary alicyclic amines) is 1. The minimum Gasteiger partial charge on any atom is -0.294 e. The van der Waals surface area contributed by atoms with Crippen LogP contribution < -0.4 is 4.72 Å². The molecule has 1 aromatic heterocycles. The predicted octanol–water partition coefficient (Wildman–Crippen LogP) is 3.59. The number of nitrogens with one attached hydrogen (secondary N) is 1. The van der Waals surface area contributed by atoms with Crippen molar-refractivity contribution >= 4 is 26.7 Å². The van der Waals surface area contributed by atoms with E-state index in [0.717, 1.165) is 37.3 Å². The zero-order valence-electron chi connectivity index (χ0n) is 14.9. The van der Waals surface area contributed by atoms with E-state index in [9.17, 15) is 8.42 Å². The van der Waals surface area contributed by atoms with Crippen molar-refractivity contribution in [2.45, 2.75) is 62.4 Å². The normalized spacial score (nSPS) is 24.2. The quantitative estimate of drug-likeness (QED) is 0.861. The fraction of sp³-hybridized carbons (Fsp3) is 0.556. The Labute approximate surface area is 158 Å². The Morgan fingerprint density at radius 2 is 2.12 bits per heavy atom. The highest BCUT2D eigenvalue weighted by molar-refractivity contribution is 7.93. The standard InChI is InChI=1S/C18H24N4O2S2/c1-13-5-2-3-10-22(13)17-7-4-6-14-11-15(8-9-16(14)17)26(23,24)21-18-19-12-20-25-18/h8-9,11-13,17H,2-7,10H2,1H3,(H,19,20,21)/t13-,17-/m1/s1. The molecular formula is C18H24N4O2S2. The summed E-state index contributed by atoms with van der Waals surface area (Å²) in [5.41, 5.74) is 2.47. The molecule has 1 saturated heterocycles. The van der Waals surface area contributed by atoms with E-state index in [4.69, 9.17) is 0 Å². The van der Waals surface area contributed by atoms with Crippen molar-refractivity contribution in [2.75, 3.05) is 11.3 Å². The number of sulfonamides is 1. The van der Waals surface area contributed by atoms with Crippen LogP contribution in [0.1, 0.15) is 56.2 Å². The average Bonchev–Trinajstić information content (AvgIpc) is 3.13. The number of hydrogen-bond donors (Lipinski definition) is 1. The van der Waals surface area contributed by atoms with Gasteiger partial charge in [0.05, 0.1) is 4.90 Å². The fourth-order valence-electron chi connectivity index (χ4n) is 4.25. The van der Waals surface area contributed by atoms with Gasteiger partial charge in [-0.25, -0.2) is 13.4 Å². The largest absolute Gasteiger partial charge is 0.294 e. The lowest BCUT2D eigenvalue weighted by atomic mass is 9.85. The van der Waals surface area contributed by atoms with E-state index in [1.807, 2.05) is 12.1 Å². The Balaban J connectivity index is 1.62. The molecule has 0 unspecified atom stereocenters. The van der Waals surface area contributed by atoms with Gasteiger partial charge in [0.2, 0.25) is 5.13 Å².